The van der Waals surface area contributed by atoms with Gasteiger partial charge >= 0.3 is 11.4 Å². The van der Waals surface area contributed by atoms with Crippen molar-refractivity contribution in [3.05, 3.63) is 32.1 Å². The highest BCUT2D eigenvalue weighted by atomic mass is 16.2. The molecule has 218 valence electrons. The summed E-state index contributed by atoms with van der Waals surface area (Å²) in [7, 11) is 1.61. The van der Waals surface area contributed by atoms with Crippen LogP contribution in [0.15, 0.2) is 20.7 Å². The minimum atomic E-state index is -0.657. The maximum atomic E-state index is 14.0. The van der Waals surface area contributed by atoms with Crippen molar-refractivity contribution >= 4 is 12.1 Å². The Hall–Kier alpha value is -2.18. The lowest BCUT2D eigenvalue weighted by atomic mass is 9.33. The Morgan fingerprint density at radius 2 is 1.55 bits per heavy atom. The Morgan fingerprint density at radius 1 is 0.875 bits per heavy atom. The third-order valence-electron chi connectivity index (χ3n) is 14.7. The van der Waals surface area contributed by atoms with Crippen LogP contribution in [0.1, 0.15) is 112 Å². The van der Waals surface area contributed by atoms with E-state index in [-0.39, 0.29) is 45.0 Å². The zero-order valence-corrected chi connectivity index (χ0v) is 25.7. The van der Waals surface area contributed by atoms with Crippen LogP contribution >= 0.6 is 0 Å². The predicted octanol–water partition coefficient (Wildman–Crippen LogP) is 5.16. The van der Waals surface area contributed by atoms with Crippen LogP contribution < -0.4 is 11.4 Å². The van der Waals surface area contributed by atoms with Crippen LogP contribution in [0.4, 0.5) is 0 Å². The van der Waals surface area contributed by atoms with Crippen LogP contribution in [0, 0.1) is 44.8 Å². The zero-order chi connectivity index (χ0) is 29.0. The van der Waals surface area contributed by atoms with Crippen LogP contribution in [-0.2, 0) is 22.2 Å². The molecule has 4 fully saturated rings. The summed E-state index contributed by atoms with van der Waals surface area (Å²) in [5, 5.41) is 0. The van der Waals surface area contributed by atoms with Gasteiger partial charge in [0.15, 0.2) is 0 Å². The van der Waals surface area contributed by atoms with Gasteiger partial charge in [0.2, 0.25) is 0 Å². The maximum Gasteiger partial charge on any atom is 0.347 e. The summed E-state index contributed by atoms with van der Waals surface area (Å²) in [5.74, 6) is 1.05. The number of hydrogen-bond donors (Lipinski definition) is 0. The van der Waals surface area contributed by atoms with E-state index >= 15 is 0 Å². The number of Topliss-reactive ketones (excluding diaryl/α,β-unsaturated/α-hetero) is 1. The first-order valence-corrected chi connectivity index (χ1v) is 15.7. The van der Waals surface area contributed by atoms with Crippen molar-refractivity contribution in [2.24, 2.45) is 51.9 Å². The quantitative estimate of drug-likeness (QED) is 0.377. The van der Waals surface area contributed by atoms with Gasteiger partial charge in [0.05, 0.1) is 11.6 Å². The van der Waals surface area contributed by atoms with E-state index in [0.717, 1.165) is 44.9 Å². The number of fused-ring (bicyclic) bond motifs is 7. The Morgan fingerprint density at radius 3 is 2.20 bits per heavy atom. The van der Waals surface area contributed by atoms with Gasteiger partial charge in [-0.3, -0.25) is 4.79 Å². The van der Waals surface area contributed by atoms with Crippen LogP contribution in [0.2, 0.25) is 0 Å². The van der Waals surface area contributed by atoms with Gasteiger partial charge in [0.25, 0.3) is 0 Å². The number of allylic oxidation sites excluding steroid dienone is 2. The summed E-state index contributed by atoms with van der Waals surface area (Å²) in [6.07, 6.45) is 8.77. The highest BCUT2D eigenvalue weighted by molar-refractivity contribution is 5.85. The number of carbonyl (C=O) groups excluding carboxylic acids is 2. The molecule has 1 aliphatic heterocycles. The van der Waals surface area contributed by atoms with Crippen molar-refractivity contribution in [3.8, 4) is 0 Å². The van der Waals surface area contributed by atoms with Gasteiger partial charge < -0.3 is 4.79 Å². The average molecular weight is 550 g/mol. The molecule has 6 aliphatic rings. The Kier molecular flexibility index (Phi) is 4.95. The topological polar surface area (TPSA) is 83.1 Å². The number of ketones is 1. The molecule has 0 saturated heterocycles. The second-order valence-electron chi connectivity index (χ2n) is 16.2. The minimum Gasteiger partial charge on any atom is -0.302 e. The van der Waals surface area contributed by atoms with Gasteiger partial charge in [0, 0.05) is 24.3 Å². The van der Waals surface area contributed by atoms with Crippen molar-refractivity contribution in [2.45, 2.75) is 118 Å². The molecular weight excluding hydrogens is 502 g/mol. The molecule has 1 aromatic rings. The van der Waals surface area contributed by atoms with Gasteiger partial charge in [-0.1, -0.05) is 48.5 Å². The molecule has 0 radical (unpaired) electrons. The van der Waals surface area contributed by atoms with E-state index in [1.165, 1.54) is 22.0 Å². The molecule has 2 heterocycles. The molecule has 7 heteroatoms. The van der Waals surface area contributed by atoms with Crippen LogP contribution in [0.25, 0.3) is 0 Å². The largest absolute Gasteiger partial charge is 0.347 e. The molecule has 7 nitrogen and oxygen atoms in total. The standard InChI is InChI=1S/C33H47N3O4/c1-19(2)33-16-15-32(18-37)14-13-31(7)24(25(32)33)20(35-26(39)34(8)27(40)36(33)35)17-22-29(5)11-10-23(38)28(3,4)21(29)9-12-30(22,31)6/h18-22H,9-17H2,1-8H3/t20?,21-,22+,29-,30+,31+,32-,33-/m0/s1. The number of carbonyl (C=O) groups is 2. The van der Waals surface area contributed by atoms with E-state index < -0.39 is 11.0 Å². The molecule has 8 atom stereocenters. The second-order valence-corrected chi connectivity index (χ2v) is 16.2. The number of nitrogens with zero attached hydrogens (tertiary/aromatic N) is 3. The first-order chi connectivity index (χ1) is 18.6. The number of aldehydes is 1. The Bertz CT molecular complexity index is 1520. The van der Waals surface area contributed by atoms with Crippen molar-refractivity contribution in [1.82, 2.24) is 13.9 Å². The molecular formula is C33H47N3O4. The normalized spacial score (nSPS) is 46.5. The van der Waals surface area contributed by atoms with E-state index in [4.69, 9.17) is 0 Å². The van der Waals surface area contributed by atoms with Crippen LogP contribution in [0.5, 0.6) is 0 Å². The first-order valence-electron chi connectivity index (χ1n) is 15.7. The summed E-state index contributed by atoms with van der Waals surface area (Å²) in [6.45, 7) is 16.0. The SMILES string of the molecule is CC(C)[C@@]12CC[C@]3(C=O)CC[C@]4(C)C(=C31)C(C[C@@H]1[C@@]3(C)CCC(=O)C(C)(C)[C@@H]3CC[C@]14C)n1c(=O)n(C)c(=O)n12. The fraction of sp³-hybridized carbons (Fsp3) is 0.818. The van der Waals surface area contributed by atoms with Crippen LogP contribution in [-0.4, -0.2) is 26.0 Å². The highest BCUT2D eigenvalue weighted by Crippen LogP contribution is 2.78. The van der Waals surface area contributed by atoms with E-state index in [2.05, 4.69) is 48.5 Å². The lowest BCUT2D eigenvalue weighted by molar-refractivity contribution is -0.191. The molecule has 0 bridgehead atoms. The fourth-order valence-electron chi connectivity index (χ4n) is 12.4. The van der Waals surface area contributed by atoms with E-state index in [1.807, 2.05) is 9.36 Å². The third-order valence-corrected chi connectivity index (χ3v) is 14.7. The van der Waals surface area contributed by atoms with Crippen molar-refractivity contribution < 1.29 is 9.59 Å². The Labute approximate surface area is 237 Å². The highest BCUT2D eigenvalue weighted by Gasteiger charge is 2.73. The molecule has 4 saturated carbocycles. The lowest BCUT2D eigenvalue weighted by Gasteiger charge is -2.71. The molecule has 40 heavy (non-hydrogen) atoms. The molecule has 5 aliphatic carbocycles. The van der Waals surface area contributed by atoms with E-state index in [9.17, 15) is 19.2 Å². The average Bonchev–Trinajstić information content (AvgIpc) is 3.37. The summed E-state index contributed by atoms with van der Waals surface area (Å²) < 4.78 is 4.96. The smallest absolute Gasteiger partial charge is 0.302 e. The summed E-state index contributed by atoms with van der Waals surface area (Å²) >= 11 is 0. The summed E-state index contributed by atoms with van der Waals surface area (Å²) in [4.78, 5) is 54.3. The molecule has 1 unspecified atom stereocenters. The minimum absolute atomic E-state index is 0.0191. The predicted molar refractivity (Wildman–Crippen MR) is 153 cm³/mol. The van der Waals surface area contributed by atoms with Crippen molar-refractivity contribution in [2.75, 3.05) is 0 Å². The molecule has 1 aromatic heterocycles. The number of rotatable bonds is 2. The van der Waals surface area contributed by atoms with Crippen molar-refractivity contribution in [1.29, 1.82) is 0 Å². The Balaban J connectivity index is 1.56. The monoisotopic (exact) mass is 549 g/mol. The number of aromatic nitrogens is 3. The van der Waals surface area contributed by atoms with E-state index in [1.54, 1.807) is 7.05 Å². The third kappa shape index (κ3) is 2.50. The van der Waals surface area contributed by atoms with Gasteiger partial charge in [-0.25, -0.2) is 23.5 Å². The molecule has 0 N–H and O–H groups in total. The first kappa shape index (κ1) is 26.7. The zero-order valence-electron chi connectivity index (χ0n) is 25.7. The molecule has 0 spiro atoms. The van der Waals surface area contributed by atoms with E-state index in [0.29, 0.717) is 30.5 Å². The fourth-order valence-corrected chi connectivity index (χ4v) is 12.4. The van der Waals surface area contributed by atoms with Crippen LogP contribution in [0.3, 0.4) is 0 Å². The molecule has 7 rings (SSSR count). The summed E-state index contributed by atoms with van der Waals surface area (Å²) in [6, 6.07) is -0.236. The second kappa shape index (κ2) is 7.42. The van der Waals surface area contributed by atoms with Crippen molar-refractivity contribution in [3.63, 3.8) is 0 Å². The lowest BCUT2D eigenvalue weighted by Crippen LogP contribution is -2.67. The van der Waals surface area contributed by atoms with Gasteiger partial charge in [-0.05, 0) is 96.5 Å². The van der Waals surface area contributed by atoms with Gasteiger partial charge in [-0.15, -0.1) is 0 Å². The number of hydrogen-bond acceptors (Lipinski definition) is 4. The van der Waals surface area contributed by atoms with Gasteiger partial charge in [0.1, 0.15) is 12.1 Å². The van der Waals surface area contributed by atoms with Gasteiger partial charge in [-0.2, -0.15) is 0 Å². The summed E-state index contributed by atoms with van der Waals surface area (Å²) in [5.41, 5.74) is 0.200. The molecule has 0 amide bonds. The molecule has 0 aromatic carbocycles. The maximum absolute atomic E-state index is 14.0.